The van der Waals surface area contributed by atoms with Crippen LogP contribution in [0.25, 0.3) is 0 Å². The first-order valence-corrected chi connectivity index (χ1v) is 7.31. The molecule has 0 aromatic carbocycles. The topological polar surface area (TPSA) is 15.3 Å². The van der Waals surface area contributed by atoms with Gasteiger partial charge in [-0.2, -0.15) is 0 Å². The molecule has 1 aromatic heterocycles. The summed E-state index contributed by atoms with van der Waals surface area (Å²) in [5.41, 5.74) is 0.300. The van der Waals surface area contributed by atoms with E-state index >= 15 is 0 Å². The Morgan fingerprint density at radius 3 is 2.35 bits per heavy atom. The molecule has 2 heterocycles. The summed E-state index contributed by atoms with van der Waals surface area (Å²) in [4.78, 5) is 5.59. The van der Waals surface area contributed by atoms with Gasteiger partial charge in [0.15, 0.2) is 0 Å². The van der Waals surface area contributed by atoms with Gasteiger partial charge in [-0.1, -0.05) is 20.8 Å². The first kappa shape index (κ1) is 13.1. The Balaban J connectivity index is 2.24. The first-order chi connectivity index (χ1) is 7.98. The molecule has 96 valence electrons. The molecule has 2 rings (SSSR count). The highest BCUT2D eigenvalue weighted by molar-refractivity contribution is 7.12. The van der Waals surface area contributed by atoms with Crippen LogP contribution in [0.1, 0.15) is 36.6 Å². The minimum Gasteiger partial charge on any atom is -0.314 e. The number of piperazine rings is 1. The molecule has 2 nitrogen and oxygen atoms in total. The van der Waals surface area contributed by atoms with Gasteiger partial charge in [-0.3, -0.25) is 4.90 Å². The SMILES string of the molecule is Cc1ccc([C@@H](N2CCNCC2)C(C)(C)C)s1. The molecule has 17 heavy (non-hydrogen) atoms. The van der Waals surface area contributed by atoms with Crippen LogP contribution in [0.4, 0.5) is 0 Å². The minimum absolute atomic E-state index is 0.300. The molecular formula is C14H24N2S. The number of thiophene rings is 1. The summed E-state index contributed by atoms with van der Waals surface area (Å²) < 4.78 is 0. The maximum Gasteiger partial charge on any atom is 0.0490 e. The Labute approximate surface area is 109 Å². The maximum absolute atomic E-state index is 3.44. The quantitative estimate of drug-likeness (QED) is 0.870. The third-order valence-corrected chi connectivity index (χ3v) is 4.42. The van der Waals surface area contributed by atoms with Crippen molar-refractivity contribution < 1.29 is 0 Å². The van der Waals surface area contributed by atoms with Crippen LogP contribution in [-0.4, -0.2) is 31.1 Å². The van der Waals surface area contributed by atoms with E-state index in [0.29, 0.717) is 11.5 Å². The molecule has 1 aromatic rings. The second kappa shape index (κ2) is 5.09. The van der Waals surface area contributed by atoms with Gasteiger partial charge in [0, 0.05) is 42.0 Å². The molecule has 1 N–H and O–H groups in total. The van der Waals surface area contributed by atoms with Crippen LogP contribution in [0.2, 0.25) is 0 Å². The monoisotopic (exact) mass is 252 g/mol. The Morgan fingerprint density at radius 1 is 1.24 bits per heavy atom. The van der Waals surface area contributed by atoms with E-state index in [1.807, 2.05) is 11.3 Å². The van der Waals surface area contributed by atoms with Gasteiger partial charge in [0.1, 0.15) is 0 Å². The largest absolute Gasteiger partial charge is 0.314 e. The Bertz CT molecular complexity index is 359. The zero-order valence-corrected chi connectivity index (χ0v) is 12.2. The molecule has 1 aliphatic rings. The van der Waals surface area contributed by atoms with Gasteiger partial charge < -0.3 is 5.32 Å². The highest BCUT2D eigenvalue weighted by atomic mass is 32.1. The Hall–Kier alpha value is -0.380. The third kappa shape index (κ3) is 3.09. The van der Waals surface area contributed by atoms with Gasteiger partial charge in [-0.15, -0.1) is 11.3 Å². The first-order valence-electron chi connectivity index (χ1n) is 6.49. The van der Waals surface area contributed by atoms with Crippen LogP contribution in [0.15, 0.2) is 12.1 Å². The molecular weight excluding hydrogens is 228 g/mol. The predicted octanol–water partition coefficient (Wildman–Crippen LogP) is 3.05. The lowest BCUT2D eigenvalue weighted by Crippen LogP contribution is -2.48. The van der Waals surface area contributed by atoms with E-state index in [0.717, 1.165) is 13.1 Å². The van der Waals surface area contributed by atoms with Crippen molar-refractivity contribution in [1.29, 1.82) is 0 Å². The predicted molar refractivity (Wildman–Crippen MR) is 75.7 cm³/mol. The van der Waals surface area contributed by atoms with Gasteiger partial charge in [0.2, 0.25) is 0 Å². The Morgan fingerprint density at radius 2 is 1.88 bits per heavy atom. The fourth-order valence-corrected chi connectivity index (χ4v) is 3.95. The van der Waals surface area contributed by atoms with E-state index in [9.17, 15) is 0 Å². The van der Waals surface area contributed by atoms with Crippen LogP contribution in [0.3, 0.4) is 0 Å². The van der Waals surface area contributed by atoms with Gasteiger partial charge in [0.05, 0.1) is 0 Å². The highest BCUT2D eigenvalue weighted by Gasteiger charge is 2.33. The standard InChI is InChI=1S/C14H24N2S/c1-11-5-6-12(17-11)13(14(2,3)4)16-9-7-15-8-10-16/h5-6,13,15H,7-10H2,1-4H3/t13-/m1/s1. The summed E-state index contributed by atoms with van der Waals surface area (Å²) >= 11 is 1.95. The fraction of sp³-hybridized carbons (Fsp3) is 0.714. The number of hydrogen-bond acceptors (Lipinski definition) is 3. The summed E-state index contributed by atoms with van der Waals surface area (Å²) in [7, 11) is 0. The lowest BCUT2D eigenvalue weighted by Gasteiger charge is -2.41. The van der Waals surface area contributed by atoms with Gasteiger partial charge >= 0.3 is 0 Å². The van der Waals surface area contributed by atoms with Crippen molar-refractivity contribution >= 4 is 11.3 Å². The highest BCUT2D eigenvalue weighted by Crippen LogP contribution is 2.40. The second-order valence-corrected chi connectivity index (χ2v) is 7.32. The van der Waals surface area contributed by atoms with Gasteiger partial charge in [-0.25, -0.2) is 0 Å². The average Bonchev–Trinajstić information content (AvgIpc) is 2.64. The van der Waals surface area contributed by atoms with Crippen molar-refractivity contribution in [2.75, 3.05) is 26.2 Å². The number of nitrogens with one attached hydrogen (secondary N) is 1. The summed E-state index contributed by atoms with van der Waals surface area (Å²) in [5, 5.41) is 3.44. The van der Waals surface area contributed by atoms with E-state index in [-0.39, 0.29) is 0 Å². The van der Waals surface area contributed by atoms with Crippen LogP contribution in [0.5, 0.6) is 0 Å². The molecule has 0 aliphatic carbocycles. The summed E-state index contributed by atoms with van der Waals surface area (Å²) in [6.45, 7) is 13.8. The molecule has 0 spiro atoms. The van der Waals surface area contributed by atoms with Crippen molar-refractivity contribution in [1.82, 2.24) is 10.2 Å². The van der Waals surface area contributed by atoms with E-state index in [2.05, 4.69) is 50.0 Å². The summed E-state index contributed by atoms with van der Waals surface area (Å²) in [6.07, 6.45) is 0. The van der Waals surface area contributed by atoms with E-state index in [1.54, 1.807) is 0 Å². The zero-order valence-electron chi connectivity index (χ0n) is 11.4. The fourth-order valence-electron chi connectivity index (χ4n) is 2.70. The number of nitrogens with zero attached hydrogens (tertiary/aromatic N) is 1. The molecule has 0 bridgehead atoms. The molecule has 0 amide bonds. The lowest BCUT2D eigenvalue weighted by atomic mass is 9.84. The summed E-state index contributed by atoms with van der Waals surface area (Å²) in [6, 6.07) is 5.13. The number of rotatable bonds is 2. The normalized spacial score (nSPS) is 20.5. The summed E-state index contributed by atoms with van der Waals surface area (Å²) in [5.74, 6) is 0. The van der Waals surface area contributed by atoms with Crippen molar-refractivity contribution in [3.8, 4) is 0 Å². The molecule has 3 heteroatoms. The number of aryl methyl sites for hydroxylation is 1. The molecule has 0 unspecified atom stereocenters. The van der Waals surface area contributed by atoms with E-state index < -0.39 is 0 Å². The van der Waals surface area contributed by atoms with Crippen LogP contribution >= 0.6 is 11.3 Å². The van der Waals surface area contributed by atoms with Gasteiger partial charge in [-0.05, 0) is 24.5 Å². The maximum atomic E-state index is 3.44. The molecule has 1 aliphatic heterocycles. The van der Waals surface area contributed by atoms with Crippen LogP contribution in [-0.2, 0) is 0 Å². The third-order valence-electron chi connectivity index (χ3n) is 3.37. The Kier molecular flexibility index (Phi) is 3.91. The van der Waals surface area contributed by atoms with Crippen molar-refractivity contribution in [2.45, 2.75) is 33.7 Å². The smallest absolute Gasteiger partial charge is 0.0490 e. The second-order valence-electron chi connectivity index (χ2n) is 6.00. The molecule has 1 atom stereocenters. The van der Waals surface area contributed by atoms with E-state index in [1.165, 1.54) is 22.8 Å². The molecule has 0 saturated carbocycles. The zero-order chi connectivity index (χ0) is 12.5. The van der Waals surface area contributed by atoms with Crippen LogP contribution in [0, 0.1) is 12.3 Å². The average molecular weight is 252 g/mol. The lowest BCUT2D eigenvalue weighted by molar-refractivity contribution is 0.0888. The van der Waals surface area contributed by atoms with Crippen molar-refractivity contribution in [3.63, 3.8) is 0 Å². The van der Waals surface area contributed by atoms with Gasteiger partial charge in [0.25, 0.3) is 0 Å². The van der Waals surface area contributed by atoms with Crippen molar-refractivity contribution in [2.24, 2.45) is 5.41 Å². The van der Waals surface area contributed by atoms with Crippen molar-refractivity contribution in [3.05, 3.63) is 21.9 Å². The molecule has 1 saturated heterocycles. The minimum atomic E-state index is 0.300. The molecule has 0 radical (unpaired) electrons. The molecule has 1 fully saturated rings. The number of hydrogen-bond donors (Lipinski definition) is 1. The van der Waals surface area contributed by atoms with E-state index in [4.69, 9.17) is 0 Å². The van der Waals surface area contributed by atoms with Crippen LogP contribution < -0.4 is 5.32 Å².